The first-order chi connectivity index (χ1) is 12.6. The van der Waals surface area contributed by atoms with Gasteiger partial charge < -0.3 is 10.2 Å². The van der Waals surface area contributed by atoms with Crippen molar-refractivity contribution < 1.29 is 17.6 Å². The summed E-state index contributed by atoms with van der Waals surface area (Å²) in [6.07, 6.45) is -4.66. The van der Waals surface area contributed by atoms with Gasteiger partial charge in [-0.2, -0.15) is 22.7 Å². The molecule has 2 aromatic heterocycles. The lowest BCUT2D eigenvalue weighted by molar-refractivity contribution is -0.144. The quantitative estimate of drug-likeness (QED) is 0.687. The molecular formula is C17H18F4N6. The molecule has 0 fully saturated rings. The molecule has 0 aliphatic heterocycles. The lowest BCUT2D eigenvalue weighted by Crippen LogP contribution is -2.13. The van der Waals surface area contributed by atoms with Crippen molar-refractivity contribution in [2.24, 2.45) is 0 Å². The zero-order valence-corrected chi connectivity index (χ0v) is 15.0. The van der Waals surface area contributed by atoms with Gasteiger partial charge in [0.15, 0.2) is 0 Å². The van der Waals surface area contributed by atoms with Gasteiger partial charge in [0, 0.05) is 30.4 Å². The number of fused-ring (bicyclic) bond motifs is 1. The molecule has 0 saturated carbocycles. The molecule has 0 atom stereocenters. The van der Waals surface area contributed by atoms with Crippen LogP contribution in [0.4, 0.5) is 23.4 Å². The van der Waals surface area contributed by atoms with Crippen molar-refractivity contribution in [3.05, 3.63) is 52.7 Å². The van der Waals surface area contributed by atoms with Gasteiger partial charge in [-0.3, -0.25) is 0 Å². The van der Waals surface area contributed by atoms with Crippen LogP contribution >= 0.6 is 0 Å². The average Bonchev–Trinajstić information content (AvgIpc) is 2.99. The highest BCUT2D eigenvalue weighted by Gasteiger charge is 2.36. The van der Waals surface area contributed by atoms with Crippen LogP contribution in [0.5, 0.6) is 0 Å². The molecule has 0 amide bonds. The van der Waals surface area contributed by atoms with Gasteiger partial charge in [-0.1, -0.05) is 6.07 Å². The Morgan fingerprint density at radius 3 is 2.56 bits per heavy atom. The normalized spacial score (nSPS) is 12.1. The minimum atomic E-state index is -4.66. The van der Waals surface area contributed by atoms with Gasteiger partial charge in [0.1, 0.15) is 11.6 Å². The monoisotopic (exact) mass is 382 g/mol. The number of halogens is 4. The maximum atomic E-state index is 13.9. The van der Waals surface area contributed by atoms with Gasteiger partial charge in [0.25, 0.3) is 11.6 Å². The molecule has 6 nitrogen and oxygen atoms in total. The van der Waals surface area contributed by atoms with Crippen LogP contribution < -0.4 is 5.32 Å². The Morgan fingerprint density at radius 2 is 1.89 bits per heavy atom. The first-order valence-electron chi connectivity index (χ1n) is 8.11. The van der Waals surface area contributed by atoms with Crippen molar-refractivity contribution in [2.45, 2.75) is 26.2 Å². The largest absolute Gasteiger partial charge is 0.453 e. The topological polar surface area (TPSA) is 58.4 Å². The third-order valence-corrected chi connectivity index (χ3v) is 3.76. The molecular weight excluding hydrogens is 364 g/mol. The molecule has 1 N–H and O–H groups in total. The number of alkyl halides is 3. The van der Waals surface area contributed by atoms with Gasteiger partial charge in [0.05, 0.1) is 0 Å². The fourth-order valence-electron chi connectivity index (χ4n) is 2.63. The third kappa shape index (κ3) is 4.33. The van der Waals surface area contributed by atoms with E-state index < -0.39 is 12.0 Å². The van der Waals surface area contributed by atoms with Crippen LogP contribution in [-0.2, 0) is 19.3 Å². The van der Waals surface area contributed by atoms with E-state index in [1.807, 2.05) is 19.0 Å². The molecule has 0 aliphatic rings. The summed E-state index contributed by atoms with van der Waals surface area (Å²) in [5.74, 6) is -1.38. The van der Waals surface area contributed by atoms with E-state index >= 15 is 0 Å². The van der Waals surface area contributed by atoms with Gasteiger partial charge in [-0.25, -0.2) is 9.37 Å². The van der Waals surface area contributed by atoms with E-state index in [-0.39, 0.29) is 18.1 Å². The van der Waals surface area contributed by atoms with Crippen molar-refractivity contribution in [3.63, 3.8) is 0 Å². The number of anilines is 1. The summed E-state index contributed by atoms with van der Waals surface area (Å²) in [5.41, 5.74) is 1.82. The highest BCUT2D eigenvalue weighted by molar-refractivity contribution is 5.46. The molecule has 0 spiro atoms. The number of nitrogens with one attached hydrogen (secondary N) is 1. The Kier molecular flexibility index (Phi) is 5.01. The van der Waals surface area contributed by atoms with E-state index in [1.54, 1.807) is 25.1 Å². The van der Waals surface area contributed by atoms with Crippen LogP contribution in [0.3, 0.4) is 0 Å². The van der Waals surface area contributed by atoms with Crippen LogP contribution in [-0.4, -0.2) is 38.6 Å². The predicted molar refractivity (Wildman–Crippen MR) is 91.6 cm³/mol. The number of benzene rings is 1. The first kappa shape index (κ1) is 19.0. The van der Waals surface area contributed by atoms with E-state index in [2.05, 4.69) is 20.4 Å². The predicted octanol–water partition coefficient (Wildman–Crippen LogP) is 3.26. The molecule has 0 saturated heterocycles. The zero-order valence-electron chi connectivity index (χ0n) is 15.0. The fraction of sp³-hybridized carbons (Fsp3) is 0.353. The standard InChI is InChI=1S/C17H18F4N6/c1-10-6-14(27-16(23-10)24-15(25-27)17(19,20)21)22-8-11-4-5-13(18)12(7-11)9-26(2)3/h4-7,22H,8-9H2,1-3H3. The molecule has 144 valence electrons. The van der Waals surface area contributed by atoms with Crippen molar-refractivity contribution in [1.29, 1.82) is 0 Å². The molecule has 3 rings (SSSR count). The Hall–Kier alpha value is -2.75. The first-order valence-corrected chi connectivity index (χ1v) is 8.11. The van der Waals surface area contributed by atoms with Crippen LogP contribution in [0.25, 0.3) is 5.78 Å². The maximum absolute atomic E-state index is 13.9. The van der Waals surface area contributed by atoms with Crippen LogP contribution in [0.2, 0.25) is 0 Å². The smallest absolute Gasteiger partial charge is 0.366 e. The van der Waals surface area contributed by atoms with Gasteiger partial charge in [-0.05, 0) is 38.7 Å². The second-order valence-corrected chi connectivity index (χ2v) is 6.44. The zero-order chi connectivity index (χ0) is 19.8. The van der Waals surface area contributed by atoms with Gasteiger partial charge in [-0.15, -0.1) is 5.10 Å². The van der Waals surface area contributed by atoms with E-state index in [9.17, 15) is 17.6 Å². The van der Waals surface area contributed by atoms with Crippen molar-refractivity contribution >= 4 is 11.6 Å². The summed E-state index contributed by atoms with van der Waals surface area (Å²) in [6, 6.07) is 6.29. The number of aryl methyl sites for hydroxylation is 1. The van der Waals surface area contributed by atoms with E-state index in [0.29, 0.717) is 23.6 Å². The minimum absolute atomic E-state index is 0.141. The number of hydrogen-bond donors (Lipinski definition) is 1. The van der Waals surface area contributed by atoms with Crippen molar-refractivity contribution in [2.75, 3.05) is 19.4 Å². The lowest BCUT2D eigenvalue weighted by Gasteiger charge is -2.13. The van der Waals surface area contributed by atoms with Crippen LogP contribution in [0.1, 0.15) is 22.6 Å². The molecule has 0 radical (unpaired) electrons. The number of rotatable bonds is 5. The molecule has 3 aromatic rings. The molecule has 27 heavy (non-hydrogen) atoms. The summed E-state index contributed by atoms with van der Waals surface area (Å²) in [5, 5.41) is 6.52. The maximum Gasteiger partial charge on any atom is 0.453 e. The average molecular weight is 382 g/mol. The summed E-state index contributed by atoms with van der Waals surface area (Å²) < 4.78 is 53.5. The summed E-state index contributed by atoms with van der Waals surface area (Å²) >= 11 is 0. The van der Waals surface area contributed by atoms with E-state index in [0.717, 1.165) is 10.1 Å². The summed E-state index contributed by atoms with van der Waals surface area (Å²) in [4.78, 5) is 9.26. The van der Waals surface area contributed by atoms with E-state index in [1.165, 1.54) is 6.07 Å². The SMILES string of the molecule is Cc1cc(NCc2ccc(F)c(CN(C)C)c2)n2nc(C(F)(F)F)nc2n1. The second-order valence-electron chi connectivity index (χ2n) is 6.44. The van der Waals surface area contributed by atoms with E-state index in [4.69, 9.17) is 0 Å². The van der Waals surface area contributed by atoms with Gasteiger partial charge >= 0.3 is 6.18 Å². The minimum Gasteiger partial charge on any atom is -0.366 e. The fourth-order valence-corrected chi connectivity index (χ4v) is 2.63. The Bertz CT molecular complexity index is 964. The molecule has 0 unspecified atom stereocenters. The Morgan fingerprint density at radius 1 is 1.15 bits per heavy atom. The highest BCUT2D eigenvalue weighted by Crippen LogP contribution is 2.27. The molecule has 10 heteroatoms. The number of hydrogen-bond acceptors (Lipinski definition) is 5. The molecule has 0 bridgehead atoms. The third-order valence-electron chi connectivity index (χ3n) is 3.76. The van der Waals surface area contributed by atoms with Crippen LogP contribution in [0.15, 0.2) is 24.3 Å². The van der Waals surface area contributed by atoms with Crippen molar-refractivity contribution in [3.8, 4) is 0 Å². The molecule has 0 aliphatic carbocycles. The van der Waals surface area contributed by atoms with Crippen LogP contribution in [0, 0.1) is 12.7 Å². The lowest BCUT2D eigenvalue weighted by atomic mass is 10.1. The number of aromatic nitrogens is 4. The summed E-state index contributed by atoms with van der Waals surface area (Å²) in [7, 11) is 3.67. The van der Waals surface area contributed by atoms with Crippen molar-refractivity contribution in [1.82, 2.24) is 24.5 Å². The molecule has 1 aromatic carbocycles. The second kappa shape index (κ2) is 7.10. The highest BCUT2D eigenvalue weighted by atomic mass is 19.4. The van der Waals surface area contributed by atoms with Gasteiger partial charge in [0.2, 0.25) is 0 Å². The Labute approximate surface area is 152 Å². The molecule has 2 heterocycles. The summed E-state index contributed by atoms with van der Waals surface area (Å²) in [6.45, 7) is 2.37. The number of nitrogens with zero attached hydrogens (tertiary/aromatic N) is 5. The Balaban J connectivity index is 1.88.